The molecule has 1 aromatic rings. The van der Waals surface area contributed by atoms with Crippen molar-refractivity contribution in [3.05, 3.63) is 33.8 Å². The summed E-state index contributed by atoms with van der Waals surface area (Å²) in [5.74, 6) is 0. The first-order valence-corrected chi connectivity index (χ1v) is 7.99. The van der Waals surface area contributed by atoms with Gasteiger partial charge in [0.2, 0.25) is 0 Å². The molecule has 106 valence electrons. The average Bonchev–Trinajstić information content (AvgIpc) is 2.81. The van der Waals surface area contributed by atoms with Gasteiger partial charge in [0.25, 0.3) is 0 Å². The highest BCUT2D eigenvalue weighted by Crippen LogP contribution is 2.39. The van der Waals surface area contributed by atoms with Gasteiger partial charge >= 0.3 is 0 Å². The van der Waals surface area contributed by atoms with Crippen LogP contribution in [0.3, 0.4) is 0 Å². The van der Waals surface area contributed by atoms with E-state index in [2.05, 4.69) is 59.8 Å². The van der Waals surface area contributed by atoms with E-state index in [4.69, 9.17) is 5.73 Å². The minimum absolute atomic E-state index is 0.185. The van der Waals surface area contributed by atoms with Gasteiger partial charge in [-0.15, -0.1) is 0 Å². The van der Waals surface area contributed by atoms with E-state index in [0.29, 0.717) is 6.04 Å². The first-order valence-electron chi connectivity index (χ1n) is 7.20. The lowest BCUT2D eigenvalue weighted by Gasteiger charge is -2.35. The first kappa shape index (κ1) is 15.0. The lowest BCUT2D eigenvalue weighted by molar-refractivity contribution is 0.138. The van der Waals surface area contributed by atoms with Crippen LogP contribution < -0.4 is 5.73 Å². The van der Waals surface area contributed by atoms with Crippen molar-refractivity contribution in [3.63, 3.8) is 0 Å². The summed E-state index contributed by atoms with van der Waals surface area (Å²) in [6, 6.07) is 7.16. The number of hydrogen-bond donors (Lipinski definition) is 1. The second kappa shape index (κ2) is 5.94. The molecule has 2 nitrogen and oxygen atoms in total. The topological polar surface area (TPSA) is 29.3 Å². The standard InChI is InChI=1S/C16H25BrN2/c1-4-19(11-16(2,3)10-18)15-9-8-12-13(15)6-5-7-14(12)17/h5-7,15H,4,8-11,18H2,1-3H3. The molecular formula is C16H25BrN2. The Bertz CT molecular complexity index is 442. The highest BCUT2D eigenvalue weighted by molar-refractivity contribution is 9.10. The lowest BCUT2D eigenvalue weighted by Crippen LogP contribution is -2.40. The molecule has 19 heavy (non-hydrogen) atoms. The predicted molar refractivity (Wildman–Crippen MR) is 85.3 cm³/mol. The highest BCUT2D eigenvalue weighted by Gasteiger charge is 2.31. The Balaban J connectivity index is 2.21. The second-order valence-electron chi connectivity index (χ2n) is 6.29. The fourth-order valence-corrected chi connectivity index (χ4v) is 3.60. The molecule has 1 atom stereocenters. The molecule has 1 unspecified atom stereocenters. The van der Waals surface area contributed by atoms with Crippen LogP contribution >= 0.6 is 15.9 Å². The molecule has 0 aromatic heterocycles. The third kappa shape index (κ3) is 3.21. The molecule has 0 radical (unpaired) electrons. The van der Waals surface area contributed by atoms with Crippen molar-refractivity contribution in [1.82, 2.24) is 4.90 Å². The van der Waals surface area contributed by atoms with Crippen LogP contribution in [-0.2, 0) is 6.42 Å². The molecule has 1 aromatic carbocycles. The van der Waals surface area contributed by atoms with Gasteiger partial charge in [0.1, 0.15) is 0 Å². The minimum Gasteiger partial charge on any atom is -0.330 e. The van der Waals surface area contributed by atoms with Gasteiger partial charge in [-0.2, -0.15) is 0 Å². The number of benzene rings is 1. The number of fused-ring (bicyclic) bond motifs is 1. The molecule has 0 bridgehead atoms. The van der Waals surface area contributed by atoms with E-state index in [1.54, 1.807) is 0 Å². The summed E-state index contributed by atoms with van der Waals surface area (Å²) in [4.78, 5) is 2.59. The summed E-state index contributed by atoms with van der Waals surface area (Å²) in [7, 11) is 0. The summed E-state index contributed by atoms with van der Waals surface area (Å²) in [5, 5.41) is 0. The van der Waals surface area contributed by atoms with Gasteiger partial charge in [-0.25, -0.2) is 0 Å². The van der Waals surface area contributed by atoms with Crippen molar-refractivity contribution in [2.75, 3.05) is 19.6 Å². The van der Waals surface area contributed by atoms with Gasteiger partial charge in [0.05, 0.1) is 0 Å². The highest BCUT2D eigenvalue weighted by atomic mass is 79.9. The quantitative estimate of drug-likeness (QED) is 0.893. The Labute approximate surface area is 125 Å². The summed E-state index contributed by atoms with van der Waals surface area (Å²) in [6.45, 7) is 9.65. The van der Waals surface area contributed by atoms with E-state index in [9.17, 15) is 0 Å². The Morgan fingerprint density at radius 1 is 1.42 bits per heavy atom. The van der Waals surface area contributed by atoms with Crippen LogP contribution in [0.5, 0.6) is 0 Å². The Morgan fingerprint density at radius 3 is 2.79 bits per heavy atom. The summed E-state index contributed by atoms with van der Waals surface area (Å²) in [5.41, 5.74) is 9.08. The maximum atomic E-state index is 5.89. The number of halogens is 1. The van der Waals surface area contributed by atoms with Gasteiger partial charge in [-0.1, -0.05) is 48.8 Å². The van der Waals surface area contributed by atoms with E-state index in [1.807, 2.05) is 0 Å². The normalized spacial score (nSPS) is 18.9. The van der Waals surface area contributed by atoms with E-state index in [1.165, 1.54) is 28.4 Å². The van der Waals surface area contributed by atoms with Crippen LogP contribution in [0.1, 0.15) is 44.4 Å². The van der Waals surface area contributed by atoms with E-state index in [0.717, 1.165) is 19.6 Å². The molecule has 0 fully saturated rings. The maximum Gasteiger partial charge on any atom is 0.0354 e. The van der Waals surface area contributed by atoms with E-state index in [-0.39, 0.29) is 5.41 Å². The van der Waals surface area contributed by atoms with Crippen LogP contribution in [0.4, 0.5) is 0 Å². The number of nitrogens with zero attached hydrogens (tertiary/aromatic N) is 1. The van der Waals surface area contributed by atoms with Crippen LogP contribution in [0.2, 0.25) is 0 Å². The molecule has 0 amide bonds. The van der Waals surface area contributed by atoms with Gasteiger partial charge in [-0.3, -0.25) is 4.90 Å². The second-order valence-corrected chi connectivity index (χ2v) is 7.15. The fraction of sp³-hybridized carbons (Fsp3) is 0.625. The summed E-state index contributed by atoms with van der Waals surface area (Å²) >= 11 is 3.68. The van der Waals surface area contributed by atoms with Gasteiger partial charge < -0.3 is 5.73 Å². The van der Waals surface area contributed by atoms with Crippen LogP contribution in [0.15, 0.2) is 22.7 Å². The van der Waals surface area contributed by atoms with Crippen molar-refractivity contribution in [1.29, 1.82) is 0 Å². The van der Waals surface area contributed by atoms with Gasteiger partial charge in [0.15, 0.2) is 0 Å². The number of hydrogen-bond acceptors (Lipinski definition) is 2. The molecule has 0 spiro atoms. The minimum atomic E-state index is 0.185. The molecule has 0 heterocycles. The smallest absolute Gasteiger partial charge is 0.0354 e. The molecule has 3 heteroatoms. The number of nitrogens with two attached hydrogens (primary N) is 1. The zero-order valence-electron chi connectivity index (χ0n) is 12.2. The molecule has 0 saturated carbocycles. The van der Waals surface area contributed by atoms with Crippen molar-refractivity contribution in [2.24, 2.45) is 11.1 Å². The monoisotopic (exact) mass is 324 g/mol. The first-order chi connectivity index (χ1) is 8.98. The SMILES string of the molecule is CCN(CC(C)(C)CN)C1CCc2c(Br)cccc21. The van der Waals surface area contributed by atoms with Crippen molar-refractivity contribution in [2.45, 2.75) is 39.7 Å². The lowest BCUT2D eigenvalue weighted by atomic mass is 9.92. The largest absolute Gasteiger partial charge is 0.330 e. The molecule has 0 aliphatic heterocycles. The maximum absolute atomic E-state index is 5.89. The van der Waals surface area contributed by atoms with Gasteiger partial charge in [-0.05, 0) is 48.5 Å². The Kier molecular flexibility index (Phi) is 4.70. The molecular weight excluding hydrogens is 300 g/mol. The molecule has 1 aliphatic rings. The summed E-state index contributed by atoms with van der Waals surface area (Å²) < 4.78 is 1.27. The van der Waals surface area contributed by atoms with Gasteiger partial charge in [0, 0.05) is 17.1 Å². The van der Waals surface area contributed by atoms with Crippen molar-refractivity contribution < 1.29 is 0 Å². The Morgan fingerprint density at radius 2 is 2.16 bits per heavy atom. The third-order valence-electron chi connectivity index (χ3n) is 4.21. The zero-order chi connectivity index (χ0) is 14.0. The molecule has 2 rings (SSSR count). The van der Waals surface area contributed by atoms with Crippen molar-refractivity contribution >= 4 is 15.9 Å². The van der Waals surface area contributed by atoms with Crippen molar-refractivity contribution in [3.8, 4) is 0 Å². The number of rotatable bonds is 5. The van der Waals surface area contributed by atoms with E-state index >= 15 is 0 Å². The zero-order valence-corrected chi connectivity index (χ0v) is 13.8. The van der Waals surface area contributed by atoms with E-state index < -0.39 is 0 Å². The summed E-state index contributed by atoms with van der Waals surface area (Å²) in [6.07, 6.45) is 2.41. The fourth-order valence-electron chi connectivity index (χ4n) is 3.02. The predicted octanol–water partition coefficient (Wildman–Crippen LogP) is 3.74. The average molecular weight is 325 g/mol. The Hall–Kier alpha value is -0.380. The molecule has 2 N–H and O–H groups in total. The third-order valence-corrected chi connectivity index (χ3v) is 4.96. The molecule has 0 saturated heterocycles. The van der Waals surface area contributed by atoms with Crippen LogP contribution in [0, 0.1) is 5.41 Å². The van der Waals surface area contributed by atoms with Crippen LogP contribution in [-0.4, -0.2) is 24.5 Å². The molecule has 1 aliphatic carbocycles. The van der Waals surface area contributed by atoms with Crippen LogP contribution in [0.25, 0.3) is 0 Å².